The van der Waals surface area contributed by atoms with Crippen molar-refractivity contribution >= 4 is 5.91 Å². The molecule has 21 heavy (non-hydrogen) atoms. The normalized spacial score (nSPS) is 39.8. The zero-order chi connectivity index (χ0) is 15.6. The van der Waals surface area contributed by atoms with E-state index in [1.807, 2.05) is 0 Å². The summed E-state index contributed by atoms with van der Waals surface area (Å²) < 4.78 is 0. The number of hydrogen-bond donors (Lipinski definition) is 2. The van der Waals surface area contributed by atoms with Crippen molar-refractivity contribution < 1.29 is 4.79 Å². The lowest BCUT2D eigenvalue weighted by atomic mass is 9.61. The van der Waals surface area contributed by atoms with Crippen molar-refractivity contribution in [3.05, 3.63) is 0 Å². The van der Waals surface area contributed by atoms with Gasteiger partial charge in [-0.3, -0.25) is 4.79 Å². The maximum Gasteiger partial charge on any atom is 0.223 e. The summed E-state index contributed by atoms with van der Waals surface area (Å²) in [7, 11) is 0. The van der Waals surface area contributed by atoms with Gasteiger partial charge in [-0.25, -0.2) is 0 Å². The quantitative estimate of drug-likeness (QED) is 0.839. The summed E-state index contributed by atoms with van der Waals surface area (Å²) in [6, 6.07) is 0.239. The summed E-state index contributed by atoms with van der Waals surface area (Å²) in [5, 5.41) is 3.25. The van der Waals surface area contributed by atoms with Crippen LogP contribution in [0.4, 0.5) is 0 Å². The molecule has 0 spiro atoms. The third-order valence-corrected chi connectivity index (χ3v) is 6.43. The lowest BCUT2D eigenvalue weighted by Crippen LogP contribution is -2.52. The molecule has 0 bridgehead atoms. The van der Waals surface area contributed by atoms with E-state index in [0.29, 0.717) is 11.8 Å². The standard InChI is InChI=1S/C18H34N2O/c1-12-6-5-7-14(10-12)11-20-17(21)15-8-9-16(19)13(2)18(15,3)4/h12-16H,5-11,19H2,1-4H3,(H,20,21). The molecule has 2 fully saturated rings. The minimum absolute atomic E-state index is 0.00159. The van der Waals surface area contributed by atoms with Crippen LogP contribution in [-0.2, 0) is 4.79 Å². The second kappa shape index (κ2) is 6.68. The van der Waals surface area contributed by atoms with Crippen LogP contribution in [0.15, 0.2) is 0 Å². The van der Waals surface area contributed by atoms with Gasteiger partial charge in [0.15, 0.2) is 0 Å². The fraction of sp³-hybridized carbons (Fsp3) is 0.944. The number of amides is 1. The van der Waals surface area contributed by atoms with E-state index in [1.54, 1.807) is 0 Å². The van der Waals surface area contributed by atoms with Crippen LogP contribution >= 0.6 is 0 Å². The number of rotatable bonds is 3. The van der Waals surface area contributed by atoms with Crippen molar-refractivity contribution in [1.29, 1.82) is 0 Å². The SMILES string of the molecule is CC1CCCC(CNC(=O)C2CCC(N)C(C)C2(C)C)C1. The van der Waals surface area contributed by atoms with Gasteiger partial charge in [0.1, 0.15) is 0 Å². The molecule has 122 valence electrons. The van der Waals surface area contributed by atoms with Gasteiger partial charge in [0.05, 0.1) is 0 Å². The van der Waals surface area contributed by atoms with Crippen molar-refractivity contribution in [2.75, 3.05) is 6.54 Å². The molecule has 0 aromatic heterocycles. The molecule has 1 amide bonds. The molecule has 2 saturated carbocycles. The van der Waals surface area contributed by atoms with Gasteiger partial charge in [0.25, 0.3) is 0 Å². The number of nitrogens with one attached hydrogen (secondary N) is 1. The molecule has 2 aliphatic carbocycles. The van der Waals surface area contributed by atoms with Crippen LogP contribution in [0, 0.1) is 29.1 Å². The molecule has 0 aromatic carbocycles. The van der Waals surface area contributed by atoms with Crippen molar-refractivity contribution in [1.82, 2.24) is 5.32 Å². The highest BCUT2D eigenvalue weighted by Gasteiger charge is 2.44. The van der Waals surface area contributed by atoms with Crippen molar-refractivity contribution in [3.8, 4) is 0 Å². The predicted octanol–water partition coefficient (Wildman–Crippen LogP) is 3.33. The van der Waals surface area contributed by atoms with E-state index in [4.69, 9.17) is 5.73 Å². The van der Waals surface area contributed by atoms with Crippen LogP contribution in [0.5, 0.6) is 0 Å². The average Bonchev–Trinajstić information content (AvgIpc) is 2.42. The fourth-order valence-electron chi connectivity index (χ4n) is 4.43. The molecular weight excluding hydrogens is 260 g/mol. The molecule has 5 atom stereocenters. The van der Waals surface area contributed by atoms with E-state index in [9.17, 15) is 4.79 Å². The first kappa shape index (κ1) is 16.8. The maximum atomic E-state index is 12.6. The third kappa shape index (κ3) is 3.80. The summed E-state index contributed by atoms with van der Waals surface area (Å²) in [6.07, 6.45) is 7.14. The molecule has 0 aromatic rings. The smallest absolute Gasteiger partial charge is 0.223 e. The molecule has 0 heterocycles. The van der Waals surface area contributed by atoms with Gasteiger partial charge in [-0.1, -0.05) is 40.5 Å². The highest BCUT2D eigenvalue weighted by molar-refractivity contribution is 5.79. The summed E-state index contributed by atoms with van der Waals surface area (Å²) in [5.41, 5.74) is 6.19. The van der Waals surface area contributed by atoms with Gasteiger partial charge in [0, 0.05) is 18.5 Å². The van der Waals surface area contributed by atoms with Crippen molar-refractivity contribution in [2.45, 2.75) is 72.3 Å². The molecule has 3 N–H and O–H groups in total. The maximum absolute atomic E-state index is 12.6. The Morgan fingerprint density at radius 3 is 2.57 bits per heavy atom. The molecular formula is C18H34N2O. The van der Waals surface area contributed by atoms with Crippen LogP contribution in [-0.4, -0.2) is 18.5 Å². The van der Waals surface area contributed by atoms with Crippen LogP contribution in [0.3, 0.4) is 0 Å². The zero-order valence-electron chi connectivity index (χ0n) is 14.3. The first-order chi connectivity index (χ1) is 9.82. The highest BCUT2D eigenvalue weighted by Crippen LogP contribution is 2.44. The molecule has 5 unspecified atom stereocenters. The molecule has 2 aliphatic rings. The van der Waals surface area contributed by atoms with Gasteiger partial charge in [-0.15, -0.1) is 0 Å². The van der Waals surface area contributed by atoms with E-state index in [1.165, 1.54) is 25.7 Å². The number of hydrogen-bond acceptors (Lipinski definition) is 2. The monoisotopic (exact) mass is 294 g/mol. The number of carbonyl (C=O) groups is 1. The molecule has 3 nitrogen and oxygen atoms in total. The van der Waals surface area contributed by atoms with Gasteiger partial charge < -0.3 is 11.1 Å². The first-order valence-corrected chi connectivity index (χ1v) is 8.85. The first-order valence-electron chi connectivity index (χ1n) is 8.85. The van der Waals surface area contributed by atoms with Gasteiger partial charge in [-0.2, -0.15) is 0 Å². The molecule has 0 radical (unpaired) electrons. The van der Waals surface area contributed by atoms with Gasteiger partial charge in [-0.05, 0) is 48.9 Å². The van der Waals surface area contributed by atoms with Crippen LogP contribution in [0.1, 0.15) is 66.2 Å². The summed E-state index contributed by atoms with van der Waals surface area (Å²) in [4.78, 5) is 12.6. The second-order valence-electron chi connectivity index (χ2n) is 8.29. The summed E-state index contributed by atoms with van der Waals surface area (Å²) >= 11 is 0. The van der Waals surface area contributed by atoms with E-state index < -0.39 is 0 Å². The van der Waals surface area contributed by atoms with Crippen molar-refractivity contribution in [3.63, 3.8) is 0 Å². The Morgan fingerprint density at radius 1 is 1.19 bits per heavy atom. The number of nitrogens with two attached hydrogens (primary N) is 1. The Kier molecular flexibility index (Phi) is 5.34. The Labute approximate surface area is 130 Å². The molecule has 0 saturated heterocycles. The lowest BCUT2D eigenvalue weighted by Gasteiger charge is -2.46. The minimum atomic E-state index is 0.00159. The van der Waals surface area contributed by atoms with Crippen LogP contribution in [0.2, 0.25) is 0 Å². The topological polar surface area (TPSA) is 55.1 Å². The molecule has 0 aliphatic heterocycles. The fourth-order valence-corrected chi connectivity index (χ4v) is 4.43. The van der Waals surface area contributed by atoms with Crippen LogP contribution < -0.4 is 11.1 Å². The molecule has 3 heteroatoms. The summed E-state index contributed by atoms with van der Waals surface area (Å²) in [6.45, 7) is 9.83. The highest BCUT2D eigenvalue weighted by atomic mass is 16.1. The van der Waals surface area contributed by atoms with Gasteiger partial charge in [0.2, 0.25) is 5.91 Å². The Bertz CT molecular complexity index is 366. The number of carbonyl (C=O) groups excluding carboxylic acids is 1. The minimum Gasteiger partial charge on any atom is -0.356 e. The summed E-state index contributed by atoms with van der Waals surface area (Å²) in [5.74, 6) is 2.29. The van der Waals surface area contributed by atoms with Crippen molar-refractivity contribution in [2.24, 2.45) is 34.8 Å². The van der Waals surface area contributed by atoms with Gasteiger partial charge >= 0.3 is 0 Å². The van der Waals surface area contributed by atoms with E-state index >= 15 is 0 Å². The lowest BCUT2D eigenvalue weighted by molar-refractivity contribution is -0.132. The third-order valence-electron chi connectivity index (χ3n) is 6.43. The zero-order valence-corrected chi connectivity index (χ0v) is 14.3. The molecule has 2 rings (SSSR count). The Balaban J connectivity index is 1.88. The predicted molar refractivity (Wildman–Crippen MR) is 87.8 cm³/mol. The Hall–Kier alpha value is -0.570. The van der Waals surface area contributed by atoms with E-state index in [-0.39, 0.29) is 23.3 Å². The van der Waals surface area contributed by atoms with E-state index in [0.717, 1.165) is 25.3 Å². The average molecular weight is 294 g/mol. The van der Waals surface area contributed by atoms with E-state index in [2.05, 4.69) is 33.0 Å². The Morgan fingerprint density at radius 2 is 1.90 bits per heavy atom. The van der Waals surface area contributed by atoms with Crippen LogP contribution in [0.25, 0.3) is 0 Å². The largest absolute Gasteiger partial charge is 0.356 e. The second-order valence-corrected chi connectivity index (χ2v) is 8.29.